The standard InChI is InChI=1S/C21H28Cl2N2O3/c1-3-10-25(2)20(8-6-17(26)7-9-20)15-24-21(27-11-12-28-21)14-16-4-5-18(22)19(23)13-16/h3-5,13,24H,1,6-12,14-15H2,2H3. The van der Waals surface area contributed by atoms with Crippen LogP contribution in [0.2, 0.25) is 10.0 Å². The van der Waals surface area contributed by atoms with E-state index in [-0.39, 0.29) is 5.54 Å². The van der Waals surface area contributed by atoms with Crippen LogP contribution in [0.15, 0.2) is 30.9 Å². The van der Waals surface area contributed by atoms with Crippen molar-refractivity contribution in [2.45, 2.75) is 43.6 Å². The van der Waals surface area contributed by atoms with Crippen molar-refractivity contribution in [3.05, 3.63) is 46.5 Å². The highest BCUT2D eigenvalue weighted by Gasteiger charge is 2.43. The van der Waals surface area contributed by atoms with E-state index in [1.807, 2.05) is 18.2 Å². The predicted octanol–water partition coefficient (Wildman–Crippen LogP) is 3.83. The number of nitrogens with zero attached hydrogens (tertiary/aromatic N) is 1. The fourth-order valence-electron chi connectivity index (χ4n) is 4.01. The van der Waals surface area contributed by atoms with Crippen molar-refractivity contribution in [3.8, 4) is 0 Å². The predicted molar refractivity (Wildman–Crippen MR) is 112 cm³/mol. The van der Waals surface area contributed by atoms with Crippen molar-refractivity contribution in [1.82, 2.24) is 10.2 Å². The lowest BCUT2D eigenvalue weighted by atomic mass is 9.79. The Bertz CT molecular complexity index is 710. The third-order valence-electron chi connectivity index (χ3n) is 5.81. The molecule has 5 nitrogen and oxygen atoms in total. The molecule has 7 heteroatoms. The van der Waals surface area contributed by atoms with Crippen molar-refractivity contribution in [2.24, 2.45) is 0 Å². The average Bonchev–Trinajstić information content (AvgIpc) is 3.13. The van der Waals surface area contributed by atoms with Crippen LogP contribution in [-0.4, -0.2) is 55.5 Å². The molecule has 1 saturated carbocycles. The van der Waals surface area contributed by atoms with Gasteiger partial charge in [0.2, 0.25) is 5.91 Å². The number of Topliss-reactive ketones (excluding diaryl/α,β-unsaturated/α-hetero) is 1. The van der Waals surface area contributed by atoms with Crippen LogP contribution in [0, 0.1) is 0 Å². The molecule has 1 saturated heterocycles. The lowest BCUT2D eigenvalue weighted by Gasteiger charge is -2.46. The van der Waals surface area contributed by atoms with E-state index in [2.05, 4.69) is 23.8 Å². The fraction of sp³-hybridized carbons (Fsp3) is 0.571. The quantitative estimate of drug-likeness (QED) is 0.640. The molecule has 1 heterocycles. The fourth-order valence-corrected chi connectivity index (χ4v) is 4.33. The molecule has 0 radical (unpaired) electrons. The van der Waals surface area contributed by atoms with Gasteiger partial charge in [-0.15, -0.1) is 6.58 Å². The topological polar surface area (TPSA) is 50.8 Å². The molecule has 1 N–H and O–H groups in total. The van der Waals surface area contributed by atoms with E-state index in [0.717, 1.165) is 24.9 Å². The first kappa shape index (κ1) is 21.8. The van der Waals surface area contributed by atoms with Gasteiger partial charge in [0.25, 0.3) is 0 Å². The van der Waals surface area contributed by atoms with E-state index in [4.69, 9.17) is 32.7 Å². The molecule has 0 spiro atoms. The van der Waals surface area contributed by atoms with Gasteiger partial charge in [-0.2, -0.15) is 0 Å². The van der Waals surface area contributed by atoms with Crippen LogP contribution >= 0.6 is 23.2 Å². The van der Waals surface area contributed by atoms with E-state index in [9.17, 15) is 4.79 Å². The highest BCUT2D eigenvalue weighted by molar-refractivity contribution is 6.42. The van der Waals surface area contributed by atoms with Crippen LogP contribution in [0.5, 0.6) is 0 Å². The Morgan fingerprint density at radius 2 is 1.89 bits per heavy atom. The number of carbonyl (C=O) groups is 1. The Kier molecular flexibility index (Phi) is 7.18. The highest BCUT2D eigenvalue weighted by atomic mass is 35.5. The SMILES string of the molecule is C=CCN(C)C1(CNC2(Cc3ccc(Cl)c(Cl)c3)OCCO2)CCC(=O)CC1. The molecular formula is C21H28Cl2N2O3. The average molecular weight is 427 g/mol. The number of likely N-dealkylation sites (N-methyl/N-ethyl adjacent to an activating group) is 1. The summed E-state index contributed by atoms with van der Waals surface area (Å²) in [6, 6.07) is 5.56. The highest BCUT2D eigenvalue weighted by Crippen LogP contribution is 2.33. The van der Waals surface area contributed by atoms with Gasteiger partial charge >= 0.3 is 0 Å². The molecule has 154 valence electrons. The Balaban J connectivity index is 1.75. The summed E-state index contributed by atoms with van der Waals surface area (Å²) in [5.74, 6) is -0.567. The summed E-state index contributed by atoms with van der Waals surface area (Å²) in [6.07, 6.45) is 5.24. The van der Waals surface area contributed by atoms with Gasteiger partial charge in [0, 0.05) is 37.9 Å². The molecule has 1 aromatic rings. The smallest absolute Gasteiger partial charge is 0.231 e. The van der Waals surface area contributed by atoms with Crippen LogP contribution in [-0.2, 0) is 20.7 Å². The summed E-state index contributed by atoms with van der Waals surface area (Å²) in [5.41, 5.74) is 0.846. The first-order valence-corrected chi connectivity index (χ1v) is 10.4. The van der Waals surface area contributed by atoms with Crippen LogP contribution in [0.4, 0.5) is 0 Å². The summed E-state index contributed by atoms with van der Waals surface area (Å²) < 4.78 is 12.0. The number of benzene rings is 1. The Morgan fingerprint density at radius 3 is 2.50 bits per heavy atom. The van der Waals surface area contributed by atoms with Crippen molar-refractivity contribution in [3.63, 3.8) is 0 Å². The number of nitrogens with one attached hydrogen (secondary N) is 1. The third kappa shape index (κ3) is 4.96. The second-order valence-corrected chi connectivity index (χ2v) is 8.48. The number of hydrogen-bond donors (Lipinski definition) is 1. The van der Waals surface area contributed by atoms with Crippen LogP contribution in [0.3, 0.4) is 0 Å². The summed E-state index contributed by atoms with van der Waals surface area (Å²) in [4.78, 5) is 14.1. The van der Waals surface area contributed by atoms with Gasteiger partial charge in [-0.05, 0) is 37.6 Å². The number of ketones is 1. The van der Waals surface area contributed by atoms with Crippen molar-refractivity contribution in [2.75, 3.05) is 33.4 Å². The molecule has 1 aliphatic heterocycles. The molecule has 1 aromatic carbocycles. The summed E-state index contributed by atoms with van der Waals surface area (Å²) in [7, 11) is 2.08. The molecule has 0 atom stereocenters. The van der Waals surface area contributed by atoms with Gasteiger partial charge in [-0.1, -0.05) is 35.3 Å². The molecule has 2 fully saturated rings. The van der Waals surface area contributed by atoms with Crippen LogP contribution < -0.4 is 5.32 Å². The number of carbonyl (C=O) groups excluding carboxylic acids is 1. The van der Waals surface area contributed by atoms with Gasteiger partial charge in [-0.3, -0.25) is 15.0 Å². The van der Waals surface area contributed by atoms with Gasteiger partial charge < -0.3 is 9.47 Å². The number of ether oxygens (including phenoxy) is 2. The molecule has 2 aliphatic rings. The van der Waals surface area contributed by atoms with Gasteiger partial charge in [0.15, 0.2) is 0 Å². The van der Waals surface area contributed by atoms with Crippen molar-refractivity contribution >= 4 is 29.0 Å². The van der Waals surface area contributed by atoms with Crippen molar-refractivity contribution in [1.29, 1.82) is 0 Å². The minimum absolute atomic E-state index is 0.137. The number of hydrogen-bond acceptors (Lipinski definition) is 5. The molecule has 0 bridgehead atoms. The molecule has 0 amide bonds. The summed E-state index contributed by atoms with van der Waals surface area (Å²) >= 11 is 12.2. The summed E-state index contributed by atoms with van der Waals surface area (Å²) in [6.45, 7) is 6.34. The second kappa shape index (κ2) is 9.24. The monoisotopic (exact) mass is 426 g/mol. The second-order valence-electron chi connectivity index (χ2n) is 7.66. The zero-order chi connectivity index (χ0) is 20.2. The van der Waals surface area contributed by atoms with Crippen LogP contribution in [0.1, 0.15) is 31.2 Å². The third-order valence-corrected chi connectivity index (χ3v) is 6.55. The lowest BCUT2D eigenvalue weighted by Crippen LogP contribution is -2.60. The molecule has 0 unspecified atom stereocenters. The largest absolute Gasteiger partial charge is 0.335 e. The minimum Gasteiger partial charge on any atom is -0.335 e. The van der Waals surface area contributed by atoms with E-state index >= 15 is 0 Å². The lowest BCUT2D eigenvalue weighted by molar-refractivity contribution is -0.185. The molecule has 1 aliphatic carbocycles. The first-order chi connectivity index (χ1) is 13.4. The zero-order valence-electron chi connectivity index (χ0n) is 16.3. The molecule has 3 rings (SSSR count). The van der Waals surface area contributed by atoms with E-state index in [1.54, 1.807) is 6.07 Å². The maximum atomic E-state index is 11.8. The Hall–Kier alpha value is -0.950. The molecular weight excluding hydrogens is 399 g/mol. The van der Waals surface area contributed by atoms with Gasteiger partial charge in [-0.25, -0.2) is 0 Å². The normalized spacial score (nSPS) is 21.2. The molecule has 28 heavy (non-hydrogen) atoms. The van der Waals surface area contributed by atoms with Gasteiger partial charge in [0.05, 0.1) is 23.3 Å². The Labute approximate surface area is 177 Å². The van der Waals surface area contributed by atoms with E-state index < -0.39 is 5.91 Å². The zero-order valence-corrected chi connectivity index (χ0v) is 17.8. The minimum atomic E-state index is -0.902. The number of halogens is 2. The van der Waals surface area contributed by atoms with Crippen molar-refractivity contribution < 1.29 is 14.3 Å². The maximum absolute atomic E-state index is 11.8. The van der Waals surface area contributed by atoms with E-state index in [1.165, 1.54) is 0 Å². The summed E-state index contributed by atoms with van der Waals surface area (Å²) in [5, 5.41) is 4.57. The molecule has 0 aromatic heterocycles. The van der Waals surface area contributed by atoms with E-state index in [0.29, 0.717) is 54.8 Å². The van der Waals surface area contributed by atoms with Gasteiger partial charge in [0.1, 0.15) is 5.78 Å². The maximum Gasteiger partial charge on any atom is 0.231 e. The Morgan fingerprint density at radius 1 is 1.21 bits per heavy atom. The van der Waals surface area contributed by atoms with Crippen LogP contribution in [0.25, 0.3) is 0 Å². The first-order valence-electron chi connectivity index (χ1n) is 9.69. The number of rotatable bonds is 8.